The SMILES string of the molecule is Cn1cc(C2CC2)cc(Nc2nc3cnc(Cl)nc3s2)c1=O. The van der Waals surface area contributed by atoms with Crippen LogP contribution < -0.4 is 10.9 Å². The Morgan fingerprint density at radius 1 is 1.41 bits per heavy atom. The Hall–Kier alpha value is -1.99. The molecule has 0 atom stereocenters. The molecule has 3 aromatic heterocycles. The third kappa shape index (κ3) is 2.46. The second-order valence-electron chi connectivity index (χ2n) is 5.35. The van der Waals surface area contributed by atoms with Crippen LogP contribution in [0.15, 0.2) is 23.3 Å². The van der Waals surface area contributed by atoms with Crippen molar-refractivity contribution < 1.29 is 0 Å². The summed E-state index contributed by atoms with van der Waals surface area (Å²) in [5.41, 5.74) is 2.30. The zero-order valence-corrected chi connectivity index (χ0v) is 13.3. The maximum absolute atomic E-state index is 12.3. The van der Waals surface area contributed by atoms with Crippen LogP contribution in [0.4, 0.5) is 10.8 Å². The summed E-state index contributed by atoms with van der Waals surface area (Å²) in [4.78, 5) is 25.4. The van der Waals surface area contributed by atoms with Gasteiger partial charge >= 0.3 is 0 Å². The van der Waals surface area contributed by atoms with Crippen LogP contribution in [-0.4, -0.2) is 19.5 Å². The number of halogens is 1. The normalized spacial score (nSPS) is 14.5. The van der Waals surface area contributed by atoms with Crippen molar-refractivity contribution in [1.82, 2.24) is 19.5 Å². The molecule has 0 spiro atoms. The van der Waals surface area contributed by atoms with Gasteiger partial charge in [-0.1, -0.05) is 11.3 Å². The van der Waals surface area contributed by atoms with Gasteiger partial charge in [-0.2, -0.15) is 0 Å². The molecule has 1 aliphatic carbocycles. The first-order valence-corrected chi connectivity index (χ1v) is 8.06. The van der Waals surface area contributed by atoms with Crippen LogP contribution in [0, 0.1) is 0 Å². The number of hydrogen-bond donors (Lipinski definition) is 1. The van der Waals surface area contributed by atoms with Gasteiger partial charge < -0.3 is 9.88 Å². The average molecular weight is 334 g/mol. The molecule has 3 heterocycles. The minimum absolute atomic E-state index is 0.0761. The molecule has 0 saturated heterocycles. The van der Waals surface area contributed by atoms with Crippen molar-refractivity contribution in [2.24, 2.45) is 7.05 Å². The van der Waals surface area contributed by atoms with E-state index >= 15 is 0 Å². The molecule has 112 valence electrons. The van der Waals surface area contributed by atoms with Crippen molar-refractivity contribution in [2.45, 2.75) is 18.8 Å². The number of anilines is 2. The van der Waals surface area contributed by atoms with Gasteiger partial charge in [0, 0.05) is 13.2 Å². The summed E-state index contributed by atoms with van der Waals surface area (Å²) in [6, 6.07) is 1.92. The van der Waals surface area contributed by atoms with Gasteiger partial charge in [0.15, 0.2) is 5.13 Å². The number of pyridine rings is 1. The molecule has 8 heteroatoms. The van der Waals surface area contributed by atoms with Crippen LogP contribution >= 0.6 is 22.9 Å². The van der Waals surface area contributed by atoms with Crippen LogP contribution in [0.1, 0.15) is 24.3 Å². The fourth-order valence-corrected chi connectivity index (χ4v) is 3.36. The van der Waals surface area contributed by atoms with Crippen LogP contribution in [0.25, 0.3) is 10.3 Å². The van der Waals surface area contributed by atoms with E-state index in [4.69, 9.17) is 11.6 Å². The number of rotatable bonds is 3. The number of thiazole rings is 1. The van der Waals surface area contributed by atoms with E-state index in [-0.39, 0.29) is 10.8 Å². The molecule has 0 radical (unpaired) electrons. The Balaban J connectivity index is 1.73. The highest BCUT2D eigenvalue weighted by molar-refractivity contribution is 7.21. The zero-order valence-electron chi connectivity index (χ0n) is 11.7. The van der Waals surface area contributed by atoms with Gasteiger partial charge in [-0.15, -0.1) is 0 Å². The molecule has 1 aliphatic rings. The first-order chi connectivity index (χ1) is 10.6. The highest BCUT2D eigenvalue weighted by Crippen LogP contribution is 2.40. The van der Waals surface area contributed by atoms with Crippen LogP contribution in [-0.2, 0) is 7.05 Å². The van der Waals surface area contributed by atoms with Gasteiger partial charge in [0.1, 0.15) is 16.0 Å². The smallest absolute Gasteiger partial charge is 0.274 e. The topological polar surface area (TPSA) is 72.7 Å². The van der Waals surface area contributed by atoms with E-state index in [9.17, 15) is 4.79 Å². The number of nitrogens with one attached hydrogen (secondary N) is 1. The summed E-state index contributed by atoms with van der Waals surface area (Å²) in [5, 5.41) is 3.91. The van der Waals surface area contributed by atoms with Crippen LogP contribution in [0.2, 0.25) is 5.28 Å². The summed E-state index contributed by atoms with van der Waals surface area (Å²) in [5.74, 6) is 0.576. The summed E-state index contributed by atoms with van der Waals surface area (Å²) >= 11 is 7.12. The number of aryl methyl sites for hydroxylation is 1. The predicted molar refractivity (Wildman–Crippen MR) is 87.2 cm³/mol. The fraction of sp³-hybridized carbons (Fsp3) is 0.286. The third-order valence-electron chi connectivity index (χ3n) is 3.62. The summed E-state index contributed by atoms with van der Waals surface area (Å²) in [6.45, 7) is 0. The van der Waals surface area contributed by atoms with Gasteiger partial charge in [0.25, 0.3) is 5.56 Å². The van der Waals surface area contributed by atoms with E-state index in [0.29, 0.717) is 27.1 Å². The molecular weight excluding hydrogens is 322 g/mol. The number of aromatic nitrogens is 4. The molecule has 3 aromatic rings. The minimum Gasteiger partial charge on any atom is -0.327 e. The standard InChI is InChI=1S/C14H12ClN5OS/c1-20-6-8(7-2-3-7)4-9(12(20)21)17-14-18-10-5-16-13(15)19-11(10)22-14/h4-7H,2-3H2,1H3,(H,17,18). The van der Waals surface area contributed by atoms with E-state index in [0.717, 1.165) is 0 Å². The first kappa shape index (κ1) is 13.7. The van der Waals surface area contributed by atoms with E-state index in [1.54, 1.807) is 17.8 Å². The summed E-state index contributed by atoms with van der Waals surface area (Å²) in [7, 11) is 1.77. The maximum atomic E-state index is 12.3. The molecule has 0 aromatic carbocycles. The van der Waals surface area contributed by atoms with E-state index in [2.05, 4.69) is 20.3 Å². The van der Waals surface area contributed by atoms with Gasteiger partial charge in [0.05, 0.1) is 6.20 Å². The second-order valence-corrected chi connectivity index (χ2v) is 6.67. The summed E-state index contributed by atoms with van der Waals surface area (Å²) < 4.78 is 1.61. The molecule has 1 saturated carbocycles. The van der Waals surface area contributed by atoms with E-state index < -0.39 is 0 Å². The molecule has 1 fully saturated rings. The highest BCUT2D eigenvalue weighted by atomic mass is 35.5. The van der Waals surface area contributed by atoms with Crippen LogP contribution in [0.3, 0.4) is 0 Å². The molecular formula is C14H12ClN5OS. The quantitative estimate of drug-likeness (QED) is 0.746. The monoisotopic (exact) mass is 333 g/mol. The van der Waals surface area contributed by atoms with Crippen molar-refractivity contribution in [1.29, 1.82) is 0 Å². The van der Waals surface area contributed by atoms with Crippen molar-refractivity contribution in [3.63, 3.8) is 0 Å². The Bertz CT molecular complexity index is 931. The predicted octanol–water partition coefficient (Wildman–Crippen LogP) is 3.06. The van der Waals surface area contributed by atoms with Crippen LogP contribution in [0.5, 0.6) is 0 Å². The lowest BCUT2D eigenvalue weighted by atomic mass is 10.2. The molecule has 22 heavy (non-hydrogen) atoms. The minimum atomic E-state index is -0.0761. The van der Waals surface area contributed by atoms with Gasteiger partial charge in [-0.05, 0) is 42.0 Å². The maximum Gasteiger partial charge on any atom is 0.274 e. The highest BCUT2D eigenvalue weighted by Gasteiger charge is 2.25. The third-order valence-corrected chi connectivity index (χ3v) is 4.68. The second kappa shape index (κ2) is 5.03. The average Bonchev–Trinajstić information content (AvgIpc) is 3.25. The number of nitrogens with zero attached hydrogens (tertiary/aromatic N) is 4. The van der Waals surface area contributed by atoms with Crippen molar-refractivity contribution in [3.05, 3.63) is 39.7 Å². The van der Waals surface area contributed by atoms with E-state index in [1.165, 1.54) is 29.7 Å². The zero-order chi connectivity index (χ0) is 15.3. The Morgan fingerprint density at radius 2 is 2.23 bits per heavy atom. The van der Waals surface area contributed by atoms with Gasteiger partial charge in [0.2, 0.25) is 5.28 Å². The van der Waals surface area contributed by atoms with Crippen molar-refractivity contribution >= 4 is 44.1 Å². The molecule has 0 bridgehead atoms. The first-order valence-electron chi connectivity index (χ1n) is 6.87. The Kier molecular flexibility index (Phi) is 3.12. The lowest BCUT2D eigenvalue weighted by Gasteiger charge is -2.08. The van der Waals surface area contributed by atoms with Crippen molar-refractivity contribution in [2.75, 3.05) is 5.32 Å². The molecule has 4 rings (SSSR count). The number of hydrogen-bond acceptors (Lipinski definition) is 6. The summed E-state index contributed by atoms with van der Waals surface area (Å²) in [6.07, 6.45) is 5.86. The lowest BCUT2D eigenvalue weighted by molar-refractivity contribution is 0.843. The Morgan fingerprint density at radius 3 is 3.00 bits per heavy atom. The fourth-order valence-electron chi connectivity index (χ4n) is 2.35. The van der Waals surface area contributed by atoms with Gasteiger partial charge in [-0.25, -0.2) is 15.0 Å². The molecule has 6 nitrogen and oxygen atoms in total. The number of fused-ring (bicyclic) bond motifs is 1. The molecule has 1 N–H and O–H groups in total. The Labute approximate surface area is 134 Å². The van der Waals surface area contributed by atoms with Crippen molar-refractivity contribution in [3.8, 4) is 0 Å². The van der Waals surface area contributed by atoms with E-state index in [1.807, 2.05) is 12.3 Å². The van der Waals surface area contributed by atoms with Gasteiger partial charge in [-0.3, -0.25) is 4.79 Å². The largest absolute Gasteiger partial charge is 0.327 e. The molecule has 0 unspecified atom stereocenters. The lowest BCUT2D eigenvalue weighted by Crippen LogP contribution is -2.19. The molecule has 0 aliphatic heterocycles. The molecule has 0 amide bonds.